The highest BCUT2D eigenvalue weighted by Gasteiger charge is 2.21. The van der Waals surface area contributed by atoms with Gasteiger partial charge in [-0.25, -0.2) is 9.37 Å². The van der Waals surface area contributed by atoms with Crippen molar-refractivity contribution in [3.05, 3.63) is 101 Å². The Labute approximate surface area is 218 Å². The highest BCUT2D eigenvalue weighted by atomic mass is 19.1. The molecule has 1 aliphatic rings. The number of carbonyl (C=O) groups is 1. The van der Waals surface area contributed by atoms with Gasteiger partial charge in [0.15, 0.2) is 0 Å². The van der Waals surface area contributed by atoms with Crippen LogP contribution in [0.25, 0.3) is 11.0 Å². The molecule has 0 aliphatic carbocycles. The summed E-state index contributed by atoms with van der Waals surface area (Å²) in [5.74, 6) is 0.312. The van der Waals surface area contributed by atoms with Crippen LogP contribution >= 0.6 is 0 Å². The van der Waals surface area contributed by atoms with Crippen LogP contribution in [0.5, 0.6) is 0 Å². The third-order valence-electron chi connectivity index (χ3n) is 7.14. The van der Waals surface area contributed by atoms with Gasteiger partial charge in [-0.05, 0) is 66.3 Å². The number of aryl methyl sites for hydroxylation is 1. The quantitative estimate of drug-likeness (QED) is 0.276. The molecule has 5 rings (SSSR count). The van der Waals surface area contributed by atoms with Crippen LogP contribution in [-0.4, -0.2) is 38.3 Å². The second kappa shape index (κ2) is 11.3. The van der Waals surface area contributed by atoms with Crippen LogP contribution in [0.2, 0.25) is 0 Å². The van der Waals surface area contributed by atoms with E-state index in [1.54, 1.807) is 17.0 Å². The van der Waals surface area contributed by atoms with Crippen molar-refractivity contribution in [3.63, 3.8) is 0 Å². The van der Waals surface area contributed by atoms with Crippen LogP contribution in [-0.2, 0) is 32.6 Å². The molecular formula is C31H35FN4O. The zero-order valence-electron chi connectivity index (χ0n) is 21.8. The summed E-state index contributed by atoms with van der Waals surface area (Å²) in [4.78, 5) is 22.5. The van der Waals surface area contributed by atoms with E-state index in [9.17, 15) is 9.18 Å². The summed E-state index contributed by atoms with van der Waals surface area (Å²) in [5.41, 5.74) is 6.56. The fourth-order valence-corrected chi connectivity index (χ4v) is 5.36. The number of nitrogens with zero attached hydrogens (tertiary/aromatic N) is 4. The van der Waals surface area contributed by atoms with Gasteiger partial charge in [-0.2, -0.15) is 0 Å². The van der Waals surface area contributed by atoms with Gasteiger partial charge in [-0.3, -0.25) is 9.69 Å². The lowest BCUT2D eigenvalue weighted by atomic mass is 9.99. The second-order valence-electron chi connectivity index (χ2n) is 9.97. The highest BCUT2D eigenvalue weighted by molar-refractivity contribution is 5.94. The van der Waals surface area contributed by atoms with E-state index in [-0.39, 0.29) is 5.91 Å². The summed E-state index contributed by atoms with van der Waals surface area (Å²) in [6, 6.07) is 21.2. The second-order valence-corrected chi connectivity index (χ2v) is 9.97. The first-order chi connectivity index (χ1) is 18.1. The topological polar surface area (TPSA) is 41.4 Å². The molecule has 0 unspecified atom stereocenters. The van der Waals surface area contributed by atoms with Gasteiger partial charge in [-0.1, -0.05) is 50.2 Å². The summed E-state index contributed by atoms with van der Waals surface area (Å²) < 4.78 is 16.0. The number of carbonyl (C=O) groups excluding carboxylic acids is 1. The van der Waals surface area contributed by atoms with Gasteiger partial charge in [0.05, 0.1) is 17.6 Å². The lowest BCUT2D eigenvalue weighted by Gasteiger charge is -2.28. The van der Waals surface area contributed by atoms with E-state index in [1.165, 1.54) is 28.8 Å². The first-order valence-electron chi connectivity index (χ1n) is 13.4. The molecule has 0 radical (unpaired) electrons. The number of benzene rings is 3. The first kappa shape index (κ1) is 25.2. The van der Waals surface area contributed by atoms with Crippen LogP contribution in [0.15, 0.2) is 66.7 Å². The highest BCUT2D eigenvalue weighted by Crippen LogP contribution is 2.24. The van der Waals surface area contributed by atoms with Crippen molar-refractivity contribution in [1.82, 2.24) is 19.4 Å². The van der Waals surface area contributed by atoms with Crippen molar-refractivity contribution in [2.75, 3.05) is 13.1 Å². The molecule has 0 saturated carbocycles. The summed E-state index contributed by atoms with van der Waals surface area (Å²) in [7, 11) is 0. The summed E-state index contributed by atoms with van der Waals surface area (Å²) in [6.07, 6.45) is 2.87. The molecule has 4 aromatic rings. The normalized spacial score (nSPS) is 13.6. The predicted molar refractivity (Wildman–Crippen MR) is 146 cm³/mol. The largest absolute Gasteiger partial charge is 0.331 e. The SMILES string of the molecule is CCCN(Cc1nc2cc(CN3CCc4ccccc4C3)ccc2n1CCC)C(=O)c1cccc(F)c1. The van der Waals surface area contributed by atoms with E-state index in [4.69, 9.17) is 4.98 Å². The van der Waals surface area contributed by atoms with Crippen molar-refractivity contribution in [1.29, 1.82) is 0 Å². The van der Waals surface area contributed by atoms with Crippen LogP contribution in [0, 0.1) is 5.82 Å². The minimum Gasteiger partial charge on any atom is -0.331 e. The molecule has 0 N–H and O–H groups in total. The van der Waals surface area contributed by atoms with Crippen molar-refractivity contribution < 1.29 is 9.18 Å². The molecule has 1 amide bonds. The average molecular weight is 499 g/mol. The van der Waals surface area contributed by atoms with E-state index < -0.39 is 5.82 Å². The predicted octanol–water partition coefficient (Wildman–Crippen LogP) is 6.20. The lowest BCUT2D eigenvalue weighted by molar-refractivity contribution is 0.0736. The van der Waals surface area contributed by atoms with Gasteiger partial charge in [0.1, 0.15) is 11.6 Å². The van der Waals surface area contributed by atoms with Crippen molar-refractivity contribution in [2.45, 2.75) is 59.3 Å². The van der Waals surface area contributed by atoms with Crippen molar-refractivity contribution >= 4 is 16.9 Å². The maximum Gasteiger partial charge on any atom is 0.254 e. The minimum absolute atomic E-state index is 0.164. The fourth-order valence-electron chi connectivity index (χ4n) is 5.36. The van der Waals surface area contributed by atoms with Gasteiger partial charge in [0, 0.05) is 38.3 Å². The number of amides is 1. The fraction of sp³-hybridized carbons (Fsp3) is 0.355. The molecule has 37 heavy (non-hydrogen) atoms. The molecule has 192 valence electrons. The lowest BCUT2D eigenvalue weighted by Crippen LogP contribution is -2.32. The molecule has 0 saturated heterocycles. The Hall–Kier alpha value is -3.51. The van der Waals surface area contributed by atoms with Crippen LogP contribution in [0.1, 0.15) is 59.6 Å². The van der Waals surface area contributed by atoms with E-state index in [1.807, 2.05) is 6.92 Å². The molecular weight excluding hydrogens is 463 g/mol. The molecule has 0 fully saturated rings. The molecule has 5 nitrogen and oxygen atoms in total. The van der Waals surface area contributed by atoms with Crippen molar-refractivity contribution in [3.8, 4) is 0 Å². The number of hydrogen-bond donors (Lipinski definition) is 0. The number of aromatic nitrogens is 2. The molecule has 0 bridgehead atoms. The number of hydrogen-bond acceptors (Lipinski definition) is 3. The summed E-state index contributed by atoms with van der Waals surface area (Å²) in [5, 5.41) is 0. The molecule has 3 aromatic carbocycles. The Kier molecular flexibility index (Phi) is 7.65. The Bertz CT molecular complexity index is 1400. The first-order valence-corrected chi connectivity index (χ1v) is 13.4. The van der Waals surface area contributed by atoms with E-state index in [0.717, 1.165) is 62.3 Å². The van der Waals surface area contributed by atoms with Gasteiger partial charge >= 0.3 is 0 Å². The van der Waals surface area contributed by atoms with Gasteiger partial charge < -0.3 is 9.47 Å². The maximum absolute atomic E-state index is 13.8. The van der Waals surface area contributed by atoms with Gasteiger partial charge in [-0.15, -0.1) is 0 Å². The molecule has 2 heterocycles. The maximum atomic E-state index is 13.8. The third-order valence-corrected chi connectivity index (χ3v) is 7.14. The van der Waals surface area contributed by atoms with Crippen LogP contribution < -0.4 is 0 Å². The Balaban J connectivity index is 1.39. The van der Waals surface area contributed by atoms with E-state index in [2.05, 4.69) is 58.9 Å². The molecule has 1 aliphatic heterocycles. The van der Waals surface area contributed by atoms with E-state index >= 15 is 0 Å². The monoisotopic (exact) mass is 498 g/mol. The third kappa shape index (κ3) is 5.59. The molecule has 0 spiro atoms. The smallest absolute Gasteiger partial charge is 0.254 e. The molecule has 6 heteroatoms. The molecule has 0 atom stereocenters. The Morgan fingerprint density at radius 2 is 1.84 bits per heavy atom. The Morgan fingerprint density at radius 3 is 2.62 bits per heavy atom. The zero-order valence-corrected chi connectivity index (χ0v) is 21.8. The number of fused-ring (bicyclic) bond motifs is 2. The average Bonchev–Trinajstić information content (AvgIpc) is 3.24. The Morgan fingerprint density at radius 1 is 1.00 bits per heavy atom. The zero-order chi connectivity index (χ0) is 25.8. The van der Waals surface area contributed by atoms with E-state index in [0.29, 0.717) is 18.7 Å². The number of halogens is 1. The van der Waals surface area contributed by atoms with Gasteiger partial charge in [0.2, 0.25) is 0 Å². The molecule has 1 aromatic heterocycles. The van der Waals surface area contributed by atoms with Crippen LogP contribution in [0.4, 0.5) is 4.39 Å². The van der Waals surface area contributed by atoms with Crippen LogP contribution in [0.3, 0.4) is 0 Å². The standard InChI is InChI=1S/C31H35FN4O/c1-3-15-35(31(37)25-10-7-11-27(32)19-25)22-30-33-28-18-23(12-13-29(28)36(30)16-4-2)20-34-17-14-24-8-5-6-9-26(24)21-34/h5-13,18-19H,3-4,14-17,20-22H2,1-2H3. The minimum atomic E-state index is -0.398. The van der Waals surface area contributed by atoms with Crippen molar-refractivity contribution in [2.24, 2.45) is 0 Å². The summed E-state index contributed by atoms with van der Waals surface area (Å²) in [6.45, 7) is 8.94. The summed E-state index contributed by atoms with van der Waals surface area (Å²) >= 11 is 0. The van der Waals surface area contributed by atoms with Gasteiger partial charge in [0.25, 0.3) is 5.91 Å². The number of imidazole rings is 1. The number of rotatable bonds is 9.